The molecular weight excluding hydrogens is 248 g/mol. The maximum absolute atomic E-state index is 6.00. The van der Waals surface area contributed by atoms with Crippen LogP contribution in [0.3, 0.4) is 0 Å². The van der Waals surface area contributed by atoms with E-state index in [4.69, 9.17) is 10.5 Å². The van der Waals surface area contributed by atoms with Gasteiger partial charge in [-0.2, -0.15) is 0 Å². The fraction of sp³-hybridized carbons (Fsp3) is 0.647. The number of ether oxygens (including phenoxy) is 1. The summed E-state index contributed by atoms with van der Waals surface area (Å²) in [6.45, 7) is 11.4. The van der Waals surface area contributed by atoms with E-state index < -0.39 is 0 Å². The molecule has 0 amide bonds. The smallest absolute Gasteiger partial charge is 0.119 e. The molecule has 0 aliphatic carbocycles. The fourth-order valence-electron chi connectivity index (χ4n) is 2.23. The van der Waals surface area contributed by atoms with Crippen molar-refractivity contribution in [1.29, 1.82) is 0 Å². The zero-order valence-electron chi connectivity index (χ0n) is 13.8. The lowest BCUT2D eigenvalue weighted by molar-refractivity contribution is 0.100. The summed E-state index contributed by atoms with van der Waals surface area (Å²) in [5.41, 5.74) is 7.38. The summed E-state index contributed by atoms with van der Waals surface area (Å²) >= 11 is 0. The maximum atomic E-state index is 6.00. The third-order valence-electron chi connectivity index (χ3n) is 4.15. The fourth-order valence-corrected chi connectivity index (χ4v) is 2.23. The van der Waals surface area contributed by atoms with Gasteiger partial charge in [-0.05, 0) is 58.9 Å². The summed E-state index contributed by atoms with van der Waals surface area (Å²) in [7, 11) is 2.15. The van der Waals surface area contributed by atoms with Crippen molar-refractivity contribution in [2.45, 2.75) is 58.7 Å². The molecular formula is C17H30N2O. The normalized spacial score (nSPS) is 13.8. The minimum absolute atomic E-state index is 0.136. The van der Waals surface area contributed by atoms with E-state index in [0.717, 1.165) is 12.2 Å². The number of rotatable bonds is 7. The Balaban J connectivity index is 2.90. The molecule has 0 spiro atoms. The van der Waals surface area contributed by atoms with Crippen LogP contribution in [-0.2, 0) is 0 Å². The van der Waals surface area contributed by atoms with E-state index in [1.165, 1.54) is 5.56 Å². The van der Waals surface area contributed by atoms with Crippen LogP contribution in [0.4, 0.5) is 0 Å². The highest BCUT2D eigenvalue weighted by Crippen LogP contribution is 2.29. The van der Waals surface area contributed by atoms with Crippen LogP contribution in [-0.4, -0.2) is 30.1 Å². The Kier molecular flexibility index (Phi) is 6.03. The molecule has 0 saturated carbocycles. The quantitative estimate of drug-likeness (QED) is 0.828. The van der Waals surface area contributed by atoms with E-state index in [-0.39, 0.29) is 17.7 Å². The zero-order valence-corrected chi connectivity index (χ0v) is 13.8. The lowest BCUT2D eigenvalue weighted by Gasteiger charge is -2.40. The largest absolute Gasteiger partial charge is 0.491 e. The molecule has 1 rings (SSSR count). The van der Waals surface area contributed by atoms with Gasteiger partial charge in [0.2, 0.25) is 0 Å². The Bertz CT molecular complexity index is 398. The molecule has 0 saturated heterocycles. The molecule has 0 aliphatic rings. The molecule has 1 aromatic carbocycles. The van der Waals surface area contributed by atoms with Crippen molar-refractivity contribution in [3.8, 4) is 5.75 Å². The van der Waals surface area contributed by atoms with Crippen LogP contribution in [0.25, 0.3) is 0 Å². The van der Waals surface area contributed by atoms with Gasteiger partial charge < -0.3 is 10.5 Å². The zero-order chi connectivity index (χ0) is 15.3. The van der Waals surface area contributed by atoms with E-state index in [1.54, 1.807) is 0 Å². The molecule has 0 aromatic heterocycles. The molecule has 114 valence electrons. The lowest BCUT2D eigenvalue weighted by atomic mass is 9.95. The number of hydrogen-bond acceptors (Lipinski definition) is 3. The first-order valence-electron chi connectivity index (χ1n) is 7.51. The van der Waals surface area contributed by atoms with Gasteiger partial charge in [-0.25, -0.2) is 0 Å². The van der Waals surface area contributed by atoms with Gasteiger partial charge in [-0.3, -0.25) is 4.90 Å². The summed E-state index contributed by atoms with van der Waals surface area (Å²) in [4.78, 5) is 2.37. The minimum atomic E-state index is 0.136. The molecule has 3 nitrogen and oxygen atoms in total. The summed E-state index contributed by atoms with van der Waals surface area (Å²) in [6, 6.07) is 8.54. The molecule has 1 atom stereocenters. The van der Waals surface area contributed by atoms with E-state index in [0.29, 0.717) is 6.54 Å². The highest BCUT2D eigenvalue weighted by atomic mass is 16.5. The predicted molar refractivity (Wildman–Crippen MR) is 86.1 cm³/mol. The molecule has 1 aromatic rings. The van der Waals surface area contributed by atoms with Crippen molar-refractivity contribution in [1.82, 2.24) is 4.90 Å². The van der Waals surface area contributed by atoms with Crippen LogP contribution in [0.15, 0.2) is 24.3 Å². The van der Waals surface area contributed by atoms with Gasteiger partial charge in [-0.15, -0.1) is 0 Å². The predicted octanol–water partition coefficient (Wildman–Crippen LogP) is 3.59. The molecule has 1 unspecified atom stereocenters. The Morgan fingerprint density at radius 2 is 1.75 bits per heavy atom. The van der Waals surface area contributed by atoms with E-state index in [1.807, 2.05) is 26.0 Å². The Morgan fingerprint density at radius 3 is 2.15 bits per heavy atom. The molecule has 0 heterocycles. The van der Waals surface area contributed by atoms with E-state index >= 15 is 0 Å². The summed E-state index contributed by atoms with van der Waals surface area (Å²) in [6.07, 6.45) is 1.29. The topological polar surface area (TPSA) is 38.5 Å². The van der Waals surface area contributed by atoms with Gasteiger partial charge in [0.25, 0.3) is 0 Å². The SMILES string of the molecule is CCC(C)(C)N(C)C(CN)c1ccc(OC(C)C)cc1. The molecule has 2 N–H and O–H groups in total. The van der Waals surface area contributed by atoms with Crippen LogP contribution >= 0.6 is 0 Å². The van der Waals surface area contributed by atoms with Gasteiger partial charge >= 0.3 is 0 Å². The summed E-state index contributed by atoms with van der Waals surface area (Å²) in [5.74, 6) is 0.914. The summed E-state index contributed by atoms with van der Waals surface area (Å²) < 4.78 is 5.69. The van der Waals surface area contributed by atoms with Crippen LogP contribution in [0, 0.1) is 0 Å². The molecule has 0 fully saturated rings. The second-order valence-corrected chi connectivity index (χ2v) is 6.26. The van der Waals surface area contributed by atoms with E-state index in [9.17, 15) is 0 Å². The summed E-state index contributed by atoms with van der Waals surface area (Å²) in [5, 5.41) is 0. The first kappa shape index (κ1) is 17.0. The average Bonchev–Trinajstić information content (AvgIpc) is 2.40. The van der Waals surface area contributed by atoms with Crippen molar-refractivity contribution in [3.63, 3.8) is 0 Å². The minimum Gasteiger partial charge on any atom is -0.491 e. The number of hydrogen-bond donors (Lipinski definition) is 1. The van der Waals surface area contributed by atoms with Gasteiger partial charge in [0, 0.05) is 18.1 Å². The first-order chi connectivity index (χ1) is 9.31. The number of nitrogens with two attached hydrogens (primary N) is 1. The molecule has 3 heteroatoms. The van der Waals surface area contributed by atoms with Crippen LogP contribution in [0.1, 0.15) is 52.6 Å². The number of likely N-dealkylation sites (N-methyl/N-ethyl adjacent to an activating group) is 1. The van der Waals surface area contributed by atoms with Crippen LogP contribution in [0.2, 0.25) is 0 Å². The van der Waals surface area contributed by atoms with Gasteiger partial charge in [0.05, 0.1) is 6.10 Å². The van der Waals surface area contributed by atoms with Gasteiger partial charge in [0.15, 0.2) is 0 Å². The van der Waals surface area contributed by atoms with Gasteiger partial charge in [0.1, 0.15) is 5.75 Å². The van der Waals surface area contributed by atoms with E-state index in [2.05, 4.69) is 44.9 Å². The second kappa shape index (κ2) is 7.09. The first-order valence-corrected chi connectivity index (χ1v) is 7.51. The van der Waals surface area contributed by atoms with Gasteiger partial charge in [-0.1, -0.05) is 19.1 Å². The lowest BCUT2D eigenvalue weighted by Crippen LogP contribution is -2.45. The molecule has 20 heavy (non-hydrogen) atoms. The van der Waals surface area contributed by atoms with Crippen LogP contribution in [0.5, 0.6) is 5.75 Å². The molecule has 0 bridgehead atoms. The highest BCUT2D eigenvalue weighted by molar-refractivity contribution is 5.29. The Labute approximate surface area is 124 Å². The van der Waals surface area contributed by atoms with Crippen molar-refractivity contribution in [2.24, 2.45) is 5.73 Å². The van der Waals surface area contributed by atoms with Crippen molar-refractivity contribution < 1.29 is 4.74 Å². The standard InChI is InChI=1S/C17H30N2O/c1-7-17(4,5)19(6)16(12-18)14-8-10-15(11-9-14)20-13(2)3/h8-11,13,16H,7,12,18H2,1-6H3. The number of benzene rings is 1. The molecule has 0 radical (unpaired) electrons. The number of nitrogens with zero attached hydrogens (tertiary/aromatic N) is 1. The monoisotopic (exact) mass is 278 g/mol. The third kappa shape index (κ3) is 4.22. The molecule has 0 aliphatic heterocycles. The third-order valence-corrected chi connectivity index (χ3v) is 4.15. The Morgan fingerprint density at radius 1 is 1.20 bits per heavy atom. The second-order valence-electron chi connectivity index (χ2n) is 6.26. The maximum Gasteiger partial charge on any atom is 0.119 e. The van der Waals surface area contributed by atoms with Crippen molar-refractivity contribution in [3.05, 3.63) is 29.8 Å². The van der Waals surface area contributed by atoms with Crippen molar-refractivity contribution >= 4 is 0 Å². The highest BCUT2D eigenvalue weighted by Gasteiger charge is 2.28. The van der Waals surface area contributed by atoms with Crippen molar-refractivity contribution in [2.75, 3.05) is 13.6 Å². The Hall–Kier alpha value is -1.06. The average molecular weight is 278 g/mol. The van der Waals surface area contributed by atoms with Crippen LogP contribution < -0.4 is 10.5 Å².